The van der Waals surface area contributed by atoms with Gasteiger partial charge >= 0.3 is 0 Å². The van der Waals surface area contributed by atoms with E-state index in [0.29, 0.717) is 25.2 Å². The third-order valence-corrected chi connectivity index (χ3v) is 3.78. The van der Waals surface area contributed by atoms with Crippen LogP contribution in [0.5, 0.6) is 0 Å². The number of ether oxygens (including phenoxy) is 2. The number of hydrogen-bond donors (Lipinski definition) is 2. The molecule has 2 N–H and O–H groups in total. The highest BCUT2D eigenvalue weighted by Gasteiger charge is 2.39. The molecule has 0 aromatic heterocycles. The van der Waals surface area contributed by atoms with E-state index in [2.05, 4.69) is 5.32 Å². The smallest absolute Gasteiger partial charge is 0.251 e. The van der Waals surface area contributed by atoms with Gasteiger partial charge in [-0.15, -0.1) is 0 Å². The second-order valence-electron chi connectivity index (χ2n) is 5.14. The third-order valence-electron chi connectivity index (χ3n) is 3.78. The molecule has 20 heavy (non-hydrogen) atoms. The van der Waals surface area contributed by atoms with Gasteiger partial charge in [-0.05, 0) is 18.6 Å². The van der Waals surface area contributed by atoms with Crippen LogP contribution in [0.1, 0.15) is 29.3 Å². The lowest BCUT2D eigenvalue weighted by Gasteiger charge is -2.26. The lowest BCUT2D eigenvalue weighted by molar-refractivity contribution is -0.0251. The Kier molecular flexibility index (Phi) is 4.75. The van der Waals surface area contributed by atoms with Crippen molar-refractivity contribution >= 4 is 5.91 Å². The van der Waals surface area contributed by atoms with Gasteiger partial charge in [0.2, 0.25) is 0 Å². The summed E-state index contributed by atoms with van der Waals surface area (Å²) < 4.78 is 10.4. The molecule has 1 amide bonds. The van der Waals surface area contributed by atoms with E-state index < -0.39 is 5.60 Å². The summed E-state index contributed by atoms with van der Waals surface area (Å²) in [5.74, 6) is -0.204. The molecule has 1 aliphatic heterocycles. The number of carbonyl (C=O) groups is 1. The molecule has 5 nitrogen and oxygen atoms in total. The Morgan fingerprint density at radius 2 is 2.30 bits per heavy atom. The molecule has 1 aliphatic rings. The molecule has 2 unspecified atom stereocenters. The number of nitrogens with one attached hydrogen (secondary N) is 1. The molecule has 2 atom stereocenters. The van der Waals surface area contributed by atoms with Crippen molar-refractivity contribution in [1.82, 2.24) is 5.32 Å². The van der Waals surface area contributed by atoms with E-state index in [9.17, 15) is 9.90 Å². The Labute approximate surface area is 118 Å². The van der Waals surface area contributed by atoms with Crippen LogP contribution in [0.2, 0.25) is 0 Å². The molecule has 5 heteroatoms. The Morgan fingerprint density at radius 3 is 2.95 bits per heavy atom. The first-order valence-electron chi connectivity index (χ1n) is 6.76. The number of rotatable bonds is 5. The Bertz CT molecular complexity index is 477. The summed E-state index contributed by atoms with van der Waals surface area (Å²) in [5.41, 5.74) is 0.422. The van der Waals surface area contributed by atoms with Gasteiger partial charge in [0.05, 0.1) is 12.7 Å². The molecule has 1 aromatic carbocycles. The zero-order chi connectivity index (χ0) is 14.6. The second-order valence-corrected chi connectivity index (χ2v) is 5.14. The second kappa shape index (κ2) is 6.35. The van der Waals surface area contributed by atoms with Crippen LogP contribution in [0, 0.1) is 0 Å². The zero-order valence-corrected chi connectivity index (χ0v) is 11.9. The van der Waals surface area contributed by atoms with E-state index in [4.69, 9.17) is 9.47 Å². The number of hydrogen-bond acceptors (Lipinski definition) is 4. The first-order valence-corrected chi connectivity index (χ1v) is 6.76. The Hall–Kier alpha value is -1.43. The Morgan fingerprint density at radius 1 is 1.55 bits per heavy atom. The highest BCUT2D eigenvalue weighted by molar-refractivity contribution is 5.95. The fraction of sp³-hybridized carbons (Fsp3) is 0.533. The maximum absolute atomic E-state index is 12.2. The van der Waals surface area contributed by atoms with Gasteiger partial charge in [0.1, 0.15) is 5.60 Å². The van der Waals surface area contributed by atoms with Crippen LogP contribution in [0.25, 0.3) is 0 Å². The largest absolute Gasteiger partial charge is 0.385 e. The molecule has 1 heterocycles. The Balaban J connectivity index is 2.02. The monoisotopic (exact) mass is 279 g/mol. The molecule has 1 fully saturated rings. The molecular weight excluding hydrogens is 258 g/mol. The highest BCUT2D eigenvalue weighted by Crippen LogP contribution is 2.24. The number of methoxy groups -OCH3 is 1. The van der Waals surface area contributed by atoms with E-state index in [-0.39, 0.29) is 18.6 Å². The summed E-state index contributed by atoms with van der Waals surface area (Å²) in [6.07, 6.45) is 0.269. The van der Waals surface area contributed by atoms with E-state index >= 15 is 0 Å². The molecule has 1 saturated heterocycles. The third kappa shape index (κ3) is 3.17. The normalized spacial score (nSPS) is 25.6. The summed E-state index contributed by atoms with van der Waals surface area (Å²) in [7, 11) is 1.59. The topological polar surface area (TPSA) is 67.8 Å². The van der Waals surface area contributed by atoms with Gasteiger partial charge in [-0.1, -0.05) is 18.2 Å². The molecule has 0 radical (unpaired) electrons. The van der Waals surface area contributed by atoms with E-state index in [0.717, 1.165) is 5.56 Å². The molecule has 110 valence electrons. The molecule has 0 aliphatic carbocycles. The lowest BCUT2D eigenvalue weighted by atomic mass is 9.96. The molecule has 2 rings (SSSR count). The fourth-order valence-electron chi connectivity index (χ4n) is 2.35. The van der Waals surface area contributed by atoms with Crippen molar-refractivity contribution in [3.63, 3.8) is 0 Å². The van der Waals surface area contributed by atoms with Crippen molar-refractivity contribution in [2.75, 3.05) is 20.3 Å². The van der Waals surface area contributed by atoms with Crippen LogP contribution in [-0.4, -0.2) is 43.0 Å². The summed E-state index contributed by atoms with van der Waals surface area (Å²) in [4.78, 5) is 12.2. The average molecular weight is 279 g/mol. The first kappa shape index (κ1) is 15.0. The van der Waals surface area contributed by atoms with Crippen LogP contribution in [0.15, 0.2) is 24.3 Å². The van der Waals surface area contributed by atoms with Crippen molar-refractivity contribution in [2.45, 2.75) is 31.7 Å². The van der Waals surface area contributed by atoms with Gasteiger partial charge < -0.3 is 19.9 Å². The number of benzene rings is 1. The first-order chi connectivity index (χ1) is 9.57. The average Bonchev–Trinajstić information content (AvgIpc) is 2.78. The number of aliphatic hydroxyl groups is 1. The van der Waals surface area contributed by atoms with Gasteiger partial charge in [0.25, 0.3) is 5.91 Å². The van der Waals surface area contributed by atoms with Crippen LogP contribution in [0.3, 0.4) is 0 Å². The van der Waals surface area contributed by atoms with Crippen molar-refractivity contribution in [2.24, 2.45) is 0 Å². The van der Waals surface area contributed by atoms with Crippen LogP contribution >= 0.6 is 0 Å². The van der Waals surface area contributed by atoms with Gasteiger partial charge in [-0.25, -0.2) is 0 Å². The maximum atomic E-state index is 12.2. The van der Waals surface area contributed by atoms with Gasteiger partial charge in [0.15, 0.2) is 0 Å². The fourth-order valence-corrected chi connectivity index (χ4v) is 2.35. The van der Waals surface area contributed by atoms with Gasteiger partial charge in [-0.3, -0.25) is 4.79 Å². The van der Waals surface area contributed by atoms with Crippen molar-refractivity contribution < 1.29 is 19.4 Å². The van der Waals surface area contributed by atoms with Crippen LogP contribution in [0.4, 0.5) is 0 Å². The van der Waals surface area contributed by atoms with Crippen molar-refractivity contribution in [1.29, 1.82) is 0 Å². The lowest BCUT2D eigenvalue weighted by Crippen LogP contribution is -2.47. The predicted octanol–water partition coefficient (Wildman–Crippen LogP) is 1.10. The quantitative estimate of drug-likeness (QED) is 0.847. The standard InChI is InChI=1S/C15H21NO4/c1-11-15(18,7-8-20-11)10-16-14(17)13-6-4-3-5-12(13)9-19-2/h3-6,11,18H,7-10H2,1-2H3,(H,16,17). The molecule has 0 saturated carbocycles. The summed E-state index contributed by atoms with van der Waals surface area (Å²) >= 11 is 0. The predicted molar refractivity (Wildman–Crippen MR) is 74.5 cm³/mol. The highest BCUT2D eigenvalue weighted by atomic mass is 16.5. The van der Waals surface area contributed by atoms with E-state index in [1.54, 1.807) is 13.2 Å². The summed E-state index contributed by atoms with van der Waals surface area (Å²) in [6.45, 7) is 2.91. The SMILES string of the molecule is COCc1ccccc1C(=O)NCC1(O)CCOC1C. The number of carbonyl (C=O) groups excluding carboxylic acids is 1. The van der Waals surface area contributed by atoms with Crippen LogP contribution < -0.4 is 5.32 Å². The maximum Gasteiger partial charge on any atom is 0.251 e. The van der Waals surface area contributed by atoms with Crippen molar-refractivity contribution in [3.8, 4) is 0 Å². The van der Waals surface area contributed by atoms with E-state index in [1.165, 1.54) is 0 Å². The zero-order valence-electron chi connectivity index (χ0n) is 11.9. The summed E-state index contributed by atoms with van der Waals surface area (Å²) in [6, 6.07) is 7.28. The summed E-state index contributed by atoms with van der Waals surface area (Å²) in [5, 5.41) is 13.1. The minimum atomic E-state index is -0.980. The minimum Gasteiger partial charge on any atom is -0.385 e. The minimum absolute atomic E-state index is 0.189. The molecule has 0 bridgehead atoms. The van der Waals surface area contributed by atoms with Gasteiger partial charge in [0, 0.05) is 32.2 Å². The van der Waals surface area contributed by atoms with E-state index in [1.807, 2.05) is 25.1 Å². The number of amides is 1. The molecular formula is C15H21NO4. The van der Waals surface area contributed by atoms with Gasteiger partial charge in [-0.2, -0.15) is 0 Å². The molecule has 1 aromatic rings. The van der Waals surface area contributed by atoms with Crippen LogP contribution in [-0.2, 0) is 16.1 Å². The van der Waals surface area contributed by atoms with Crippen molar-refractivity contribution in [3.05, 3.63) is 35.4 Å². The molecule has 0 spiro atoms.